The van der Waals surface area contributed by atoms with E-state index in [-0.39, 0.29) is 22.8 Å². The van der Waals surface area contributed by atoms with Crippen molar-refractivity contribution in [3.8, 4) is 11.8 Å². The molecule has 0 fully saturated rings. The lowest BCUT2D eigenvalue weighted by Crippen LogP contribution is -2.42. The zero-order chi connectivity index (χ0) is 15.7. The fourth-order valence-electron chi connectivity index (χ4n) is 2.12. The first-order valence-electron chi connectivity index (χ1n) is 6.35. The molecule has 1 aliphatic rings. The van der Waals surface area contributed by atoms with E-state index in [9.17, 15) is 13.2 Å². The highest BCUT2D eigenvalue weighted by Crippen LogP contribution is 2.33. The SMILES string of the molecule is N#Cc1ccc2c(c1)S(=O)(=O)N(Cc1ccccc1)C(=O)O2. The minimum absolute atomic E-state index is 0.0617. The molecule has 2 aromatic carbocycles. The van der Waals surface area contributed by atoms with Crippen molar-refractivity contribution in [2.75, 3.05) is 0 Å². The van der Waals surface area contributed by atoms with Crippen molar-refractivity contribution in [2.24, 2.45) is 0 Å². The predicted octanol–water partition coefficient (Wildman–Crippen LogP) is 2.26. The number of carbonyl (C=O) groups is 1. The zero-order valence-electron chi connectivity index (χ0n) is 11.3. The summed E-state index contributed by atoms with van der Waals surface area (Å²) >= 11 is 0. The molecular formula is C15H10N2O4S. The normalized spacial score (nSPS) is 15.6. The van der Waals surface area contributed by atoms with E-state index >= 15 is 0 Å². The second-order valence-electron chi connectivity index (χ2n) is 4.64. The molecule has 110 valence electrons. The summed E-state index contributed by atoms with van der Waals surface area (Å²) < 4.78 is 30.9. The number of rotatable bonds is 2. The van der Waals surface area contributed by atoms with Gasteiger partial charge in [0.15, 0.2) is 5.75 Å². The lowest BCUT2D eigenvalue weighted by Gasteiger charge is -2.27. The van der Waals surface area contributed by atoms with Crippen molar-refractivity contribution in [2.45, 2.75) is 11.4 Å². The van der Waals surface area contributed by atoms with Gasteiger partial charge in [0.1, 0.15) is 4.90 Å². The Bertz CT molecular complexity index is 886. The fourth-order valence-corrected chi connectivity index (χ4v) is 3.55. The Labute approximate surface area is 127 Å². The van der Waals surface area contributed by atoms with Crippen molar-refractivity contribution in [3.63, 3.8) is 0 Å². The van der Waals surface area contributed by atoms with Crippen molar-refractivity contribution in [3.05, 3.63) is 59.7 Å². The second-order valence-corrected chi connectivity index (χ2v) is 6.47. The average molecular weight is 314 g/mol. The van der Waals surface area contributed by atoms with Crippen LogP contribution in [0.2, 0.25) is 0 Å². The molecule has 22 heavy (non-hydrogen) atoms. The molecule has 0 saturated carbocycles. The number of hydrogen-bond donors (Lipinski definition) is 0. The van der Waals surface area contributed by atoms with Crippen LogP contribution in [0.3, 0.4) is 0 Å². The summed E-state index contributed by atoms with van der Waals surface area (Å²) in [7, 11) is -4.06. The molecular weight excluding hydrogens is 304 g/mol. The highest BCUT2D eigenvalue weighted by molar-refractivity contribution is 7.89. The van der Waals surface area contributed by atoms with Crippen molar-refractivity contribution in [1.29, 1.82) is 5.26 Å². The maximum atomic E-state index is 12.6. The van der Waals surface area contributed by atoms with Crippen LogP contribution in [0, 0.1) is 11.3 Å². The number of fused-ring (bicyclic) bond motifs is 1. The van der Waals surface area contributed by atoms with Gasteiger partial charge >= 0.3 is 6.09 Å². The van der Waals surface area contributed by atoms with Crippen LogP contribution in [0.25, 0.3) is 0 Å². The monoisotopic (exact) mass is 314 g/mol. The van der Waals surface area contributed by atoms with E-state index in [1.54, 1.807) is 30.3 Å². The first-order valence-corrected chi connectivity index (χ1v) is 7.79. The molecule has 0 N–H and O–H groups in total. The highest BCUT2D eigenvalue weighted by atomic mass is 32.2. The van der Waals surface area contributed by atoms with E-state index < -0.39 is 16.1 Å². The van der Waals surface area contributed by atoms with Gasteiger partial charge in [-0.25, -0.2) is 13.2 Å². The van der Waals surface area contributed by atoms with Gasteiger partial charge in [0.25, 0.3) is 10.0 Å². The number of hydrogen-bond acceptors (Lipinski definition) is 5. The molecule has 0 saturated heterocycles. The Morgan fingerprint density at radius 1 is 1.14 bits per heavy atom. The number of nitrogens with zero attached hydrogens (tertiary/aromatic N) is 2. The molecule has 0 unspecified atom stereocenters. The standard InChI is InChI=1S/C15H10N2O4S/c16-9-12-6-7-13-14(8-12)22(19,20)17(15(18)21-13)10-11-4-2-1-3-5-11/h1-8H,10H2. The molecule has 2 aromatic rings. The number of ether oxygens (including phenoxy) is 1. The van der Waals surface area contributed by atoms with E-state index in [2.05, 4.69) is 0 Å². The van der Waals surface area contributed by atoms with E-state index in [0.29, 0.717) is 9.87 Å². The van der Waals surface area contributed by atoms with Gasteiger partial charge in [-0.15, -0.1) is 0 Å². The predicted molar refractivity (Wildman–Crippen MR) is 76.4 cm³/mol. The largest absolute Gasteiger partial charge is 0.429 e. The van der Waals surface area contributed by atoms with Crippen LogP contribution >= 0.6 is 0 Å². The van der Waals surface area contributed by atoms with Gasteiger partial charge in [0.05, 0.1) is 18.2 Å². The van der Waals surface area contributed by atoms with E-state index in [0.717, 1.165) is 0 Å². The molecule has 6 nitrogen and oxygen atoms in total. The first kappa shape index (κ1) is 14.1. The number of benzene rings is 2. The van der Waals surface area contributed by atoms with Crippen LogP contribution in [0.1, 0.15) is 11.1 Å². The van der Waals surface area contributed by atoms with E-state index in [4.69, 9.17) is 10.00 Å². The summed E-state index contributed by atoms with van der Waals surface area (Å²) in [5.41, 5.74) is 0.836. The third kappa shape index (κ3) is 2.29. The molecule has 0 atom stereocenters. The molecule has 1 amide bonds. The summed E-state index contributed by atoms with van der Waals surface area (Å²) in [5.74, 6) is -0.0617. The van der Waals surface area contributed by atoms with Crippen LogP contribution in [0.5, 0.6) is 5.75 Å². The number of sulfonamides is 1. The molecule has 0 radical (unpaired) electrons. The van der Waals surface area contributed by atoms with E-state index in [1.165, 1.54) is 18.2 Å². The van der Waals surface area contributed by atoms with Crippen LogP contribution in [0.4, 0.5) is 4.79 Å². The van der Waals surface area contributed by atoms with Crippen molar-refractivity contribution in [1.82, 2.24) is 4.31 Å². The zero-order valence-corrected chi connectivity index (χ0v) is 12.1. The van der Waals surface area contributed by atoms with Crippen LogP contribution in [-0.2, 0) is 16.6 Å². The fraction of sp³-hybridized carbons (Fsp3) is 0.0667. The van der Waals surface area contributed by atoms with Gasteiger partial charge in [-0.2, -0.15) is 9.57 Å². The Kier molecular flexibility index (Phi) is 3.31. The molecule has 1 aliphatic heterocycles. The van der Waals surface area contributed by atoms with E-state index in [1.807, 2.05) is 6.07 Å². The first-order chi connectivity index (χ1) is 10.5. The Morgan fingerprint density at radius 2 is 1.86 bits per heavy atom. The van der Waals surface area contributed by atoms with Gasteiger partial charge in [-0.3, -0.25) is 0 Å². The molecule has 7 heteroatoms. The second kappa shape index (κ2) is 5.16. The van der Waals surface area contributed by atoms with Gasteiger partial charge in [0.2, 0.25) is 0 Å². The van der Waals surface area contributed by atoms with Crippen LogP contribution in [0.15, 0.2) is 53.4 Å². The van der Waals surface area contributed by atoms with Gasteiger partial charge in [0, 0.05) is 0 Å². The topological polar surface area (TPSA) is 87.5 Å². The van der Waals surface area contributed by atoms with Crippen molar-refractivity contribution < 1.29 is 17.9 Å². The van der Waals surface area contributed by atoms with Crippen LogP contribution in [-0.4, -0.2) is 18.8 Å². The molecule has 0 spiro atoms. The highest BCUT2D eigenvalue weighted by Gasteiger charge is 2.38. The Hall–Kier alpha value is -2.85. The third-order valence-corrected chi connectivity index (χ3v) is 4.94. The minimum Gasteiger partial charge on any atom is -0.408 e. The molecule has 0 aliphatic carbocycles. The van der Waals surface area contributed by atoms with Gasteiger partial charge in [-0.1, -0.05) is 30.3 Å². The lowest BCUT2D eigenvalue weighted by molar-refractivity contribution is 0.172. The maximum Gasteiger partial charge on any atom is 0.429 e. The number of nitriles is 1. The quantitative estimate of drug-likeness (QED) is 0.848. The minimum atomic E-state index is -4.06. The summed E-state index contributed by atoms with van der Waals surface area (Å²) in [6, 6.07) is 14.5. The molecule has 0 aromatic heterocycles. The Morgan fingerprint density at radius 3 is 2.55 bits per heavy atom. The van der Waals surface area contributed by atoms with Crippen molar-refractivity contribution >= 4 is 16.1 Å². The summed E-state index contributed by atoms with van der Waals surface area (Å²) in [4.78, 5) is 11.8. The third-order valence-electron chi connectivity index (χ3n) is 3.21. The number of carbonyl (C=O) groups excluding carboxylic acids is 1. The Balaban J connectivity index is 2.06. The molecule has 3 rings (SSSR count). The lowest BCUT2D eigenvalue weighted by atomic mass is 10.2. The number of amides is 1. The van der Waals surface area contributed by atoms with Crippen LogP contribution < -0.4 is 4.74 Å². The summed E-state index contributed by atoms with van der Waals surface area (Å²) in [5, 5.41) is 8.90. The summed E-state index contributed by atoms with van der Waals surface area (Å²) in [6.45, 7) is -0.127. The van der Waals surface area contributed by atoms with Gasteiger partial charge < -0.3 is 4.74 Å². The molecule has 0 bridgehead atoms. The smallest absolute Gasteiger partial charge is 0.408 e. The maximum absolute atomic E-state index is 12.6. The van der Waals surface area contributed by atoms with Gasteiger partial charge in [-0.05, 0) is 23.8 Å². The summed E-state index contributed by atoms with van der Waals surface area (Å²) in [6.07, 6.45) is -0.957. The average Bonchev–Trinajstić information content (AvgIpc) is 2.52. The molecule has 1 heterocycles.